The zero-order chi connectivity index (χ0) is 9.14. The first-order valence-corrected chi connectivity index (χ1v) is 3.40. The van der Waals surface area contributed by atoms with Crippen molar-refractivity contribution in [2.24, 2.45) is 0 Å². The molecule has 0 spiro atoms. The van der Waals surface area contributed by atoms with Crippen molar-refractivity contribution in [1.29, 1.82) is 0 Å². The Balaban J connectivity index is 2.90. The summed E-state index contributed by atoms with van der Waals surface area (Å²) in [6.07, 6.45) is -0.530. The molecule has 5 nitrogen and oxygen atoms in total. The fourth-order valence-corrected chi connectivity index (χ4v) is 1.04. The van der Waals surface area contributed by atoms with Gasteiger partial charge in [-0.05, 0) is 0 Å². The quantitative estimate of drug-likeness (QED) is 0.630. The highest BCUT2D eigenvalue weighted by molar-refractivity contribution is 5.94. The van der Waals surface area contributed by atoms with Crippen LogP contribution in [0.3, 0.4) is 0 Å². The molecule has 1 amide bonds. The van der Waals surface area contributed by atoms with Crippen LogP contribution in [-0.2, 0) is 19.0 Å². The van der Waals surface area contributed by atoms with E-state index in [2.05, 4.69) is 5.32 Å². The van der Waals surface area contributed by atoms with E-state index in [9.17, 15) is 4.79 Å². The van der Waals surface area contributed by atoms with Gasteiger partial charge in [-0.1, -0.05) is 0 Å². The Kier molecular flexibility index (Phi) is 2.54. The highest BCUT2D eigenvalue weighted by Gasteiger charge is 2.33. The van der Waals surface area contributed by atoms with Crippen LogP contribution in [0.25, 0.3) is 0 Å². The van der Waals surface area contributed by atoms with E-state index in [4.69, 9.17) is 14.2 Å². The Morgan fingerprint density at radius 3 is 2.33 bits per heavy atom. The first-order chi connectivity index (χ1) is 5.74. The number of carbonyl (C=O) groups is 1. The smallest absolute Gasteiger partial charge is 0.292 e. The van der Waals surface area contributed by atoms with Gasteiger partial charge in [-0.2, -0.15) is 0 Å². The lowest BCUT2D eigenvalue weighted by molar-refractivity contribution is -0.121. The zero-order valence-electron chi connectivity index (χ0n) is 7.21. The number of nitrogens with one attached hydrogen (secondary N) is 1. The van der Waals surface area contributed by atoms with Gasteiger partial charge in [0.25, 0.3) is 5.91 Å². The summed E-state index contributed by atoms with van der Waals surface area (Å²) >= 11 is 0. The molecule has 1 unspecified atom stereocenters. The molecule has 0 radical (unpaired) electrons. The van der Waals surface area contributed by atoms with Crippen LogP contribution in [0, 0.1) is 0 Å². The molecule has 1 aliphatic rings. The number of ether oxygens (including phenoxy) is 3. The van der Waals surface area contributed by atoms with Gasteiger partial charge < -0.3 is 19.5 Å². The lowest BCUT2D eigenvalue weighted by atomic mass is 10.4. The Hall–Kier alpha value is -1.23. The fraction of sp³-hybridized carbons (Fsp3) is 0.571. The van der Waals surface area contributed by atoms with Crippen molar-refractivity contribution in [1.82, 2.24) is 5.32 Å². The third-order valence-electron chi connectivity index (χ3n) is 1.59. The standard InChI is InChI=1S/C7H11NO4/c1-10-4-5(11-2)7(12-3)8-6(4)9/h7H,1-3H3,(H,8,9). The predicted octanol–water partition coefficient (Wildman–Crippen LogP) is -0.407. The topological polar surface area (TPSA) is 56.8 Å². The van der Waals surface area contributed by atoms with Gasteiger partial charge in [0, 0.05) is 7.11 Å². The maximum absolute atomic E-state index is 11.1. The lowest BCUT2D eigenvalue weighted by Gasteiger charge is -2.10. The van der Waals surface area contributed by atoms with Crippen LogP contribution in [0.5, 0.6) is 0 Å². The number of amides is 1. The second kappa shape index (κ2) is 3.44. The normalized spacial score (nSPS) is 22.6. The van der Waals surface area contributed by atoms with E-state index < -0.39 is 6.23 Å². The maximum atomic E-state index is 11.1. The first-order valence-electron chi connectivity index (χ1n) is 3.40. The monoisotopic (exact) mass is 173 g/mol. The summed E-state index contributed by atoms with van der Waals surface area (Å²) in [5.41, 5.74) is 0. The summed E-state index contributed by atoms with van der Waals surface area (Å²) in [4.78, 5) is 11.1. The van der Waals surface area contributed by atoms with Gasteiger partial charge in [-0.25, -0.2) is 0 Å². The van der Waals surface area contributed by atoms with Crippen molar-refractivity contribution in [3.63, 3.8) is 0 Å². The molecule has 0 aromatic heterocycles. The molecule has 0 saturated heterocycles. The van der Waals surface area contributed by atoms with Gasteiger partial charge in [0.05, 0.1) is 14.2 Å². The van der Waals surface area contributed by atoms with Crippen molar-refractivity contribution in [2.45, 2.75) is 6.23 Å². The summed E-state index contributed by atoms with van der Waals surface area (Å²) in [5, 5.41) is 2.52. The molecule has 12 heavy (non-hydrogen) atoms. The number of rotatable bonds is 3. The van der Waals surface area contributed by atoms with Crippen LogP contribution in [0.15, 0.2) is 11.5 Å². The van der Waals surface area contributed by atoms with Crippen molar-refractivity contribution >= 4 is 5.91 Å². The van der Waals surface area contributed by atoms with Gasteiger partial charge in [-0.15, -0.1) is 0 Å². The molecule has 0 aromatic carbocycles. The van der Waals surface area contributed by atoms with Crippen LogP contribution in [0.4, 0.5) is 0 Å². The molecule has 0 aromatic rings. The molecule has 0 saturated carbocycles. The molecule has 1 N–H and O–H groups in total. The molecule has 0 aliphatic carbocycles. The highest BCUT2D eigenvalue weighted by Crippen LogP contribution is 2.18. The largest absolute Gasteiger partial charge is 0.493 e. The summed E-state index contributed by atoms with van der Waals surface area (Å²) in [7, 11) is 4.34. The summed E-state index contributed by atoms with van der Waals surface area (Å²) < 4.78 is 14.7. The van der Waals surface area contributed by atoms with Crippen molar-refractivity contribution in [3.8, 4) is 0 Å². The van der Waals surface area contributed by atoms with Crippen molar-refractivity contribution in [2.75, 3.05) is 21.3 Å². The van der Waals surface area contributed by atoms with Crippen molar-refractivity contribution in [3.05, 3.63) is 11.5 Å². The Morgan fingerprint density at radius 2 is 1.92 bits per heavy atom. The predicted molar refractivity (Wildman–Crippen MR) is 40.0 cm³/mol. The van der Waals surface area contributed by atoms with Crippen molar-refractivity contribution < 1.29 is 19.0 Å². The number of hydrogen-bond donors (Lipinski definition) is 1. The van der Waals surface area contributed by atoms with Gasteiger partial charge in [0.2, 0.25) is 5.76 Å². The van der Waals surface area contributed by atoms with E-state index >= 15 is 0 Å². The fourth-order valence-electron chi connectivity index (χ4n) is 1.04. The second-order valence-electron chi connectivity index (χ2n) is 2.19. The van der Waals surface area contributed by atoms with E-state index in [0.717, 1.165) is 0 Å². The van der Waals surface area contributed by atoms with Crippen LogP contribution < -0.4 is 5.32 Å². The van der Waals surface area contributed by atoms with Gasteiger partial charge >= 0.3 is 0 Å². The van der Waals surface area contributed by atoms with E-state index in [-0.39, 0.29) is 11.7 Å². The third kappa shape index (κ3) is 1.23. The minimum absolute atomic E-state index is 0.171. The SMILES string of the molecule is COC1=C(OC)C(OC)NC1=O. The van der Waals surface area contributed by atoms with Crippen LogP contribution in [-0.4, -0.2) is 33.5 Å². The summed E-state index contributed by atoms with van der Waals surface area (Å²) in [5.74, 6) is 0.232. The highest BCUT2D eigenvalue weighted by atomic mass is 16.6. The first kappa shape index (κ1) is 8.86. The molecule has 1 atom stereocenters. The Bertz CT molecular complexity index is 223. The van der Waals surface area contributed by atoms with E-state index in [0.29, 0.717) is 5.76 Å². The van der Waals surface area contributed by atoms with Crippen LogP contribution in [0.1, 0.15) is 0 Å². The van der Waals surface area contributed by atoms with E-state index in [1.54, 1.807) is 0 Å². The molecule has 68 valence electrons. The molecule has 0 fully saturated rings. The Labute approximate surface area is 70.3 Å². The molecule has 1 rings (SSSR count). The van der Waals surface area contributed by atoms with E-state index in [1.807, 2.05) is 0 Å². The zero-order valence-corrected chi connectivity index (χ0v) is 7.21. The number of methoxy groups -OCH3 is 3. The van der Waals surface area contributed by atoms with E-state index in [1.165, 1.54) is 21.3 Å². The molecule has 1 aliphatic heterocycles. The Morgan fingerprint density at radius 1 is 1.25 bits per heavy atom. The third-order valence-corrected chi connectivity index (χ3v) is 1.59. The average molecular weight is 173 g/mol. The minimum Gasteiger partial charge on any atom is -0.493 e. The summed E-state index contributed by atoms with van der Waals surface area (Å²) in [6.45, 7) is 0. The van der Waals surface area contributed by atoms with Gasteiger partial charge in [-0.3, -0.25) is 4.79 Å². The second-order valence-corrected chi connectivity index (χ2v) is 2.19. The molecular weight excluding hydrogens is 162 g/mol. The van der Waals surface area contributed by atoms with Gasteiger partial charge in [0.15, 0.2) is 12.0 Å². The molecule has 0 bridgehead atoms. The van der Waals surface area contributed by atoms with Crippen LogP contribution >= 0.6 is 0 Å². The number of carbonyl (C=O) groups excluding carboxylic acids is 1. The lowest BCUT2D eigenvalue weighted by Crippen LogP contribution is -2.30. The van der Waals surface area contributed by atoms with Gasteiger partial charge in [0.1, 0.15) is 0 Å². The summed E-state index contributed by atoms with van der Waals surface area (Å²) in [6, 6.07) is 0. The minimum atomic E-state index is -0.530. The molecular formula is C7H11NO4. The molecule has 1 heterocycles. The average Bonchev–Trinajstić information content (AvgIpc) is 2.40. The molecule has 5 heteroatoms. The van der Waals surface area contributed by atoms with Crippen LogP contribution in [0.2, 0.25) is 0 Å². The number of hydrogen-bond acceptors (Lipinski definition) is 4. The maximum Gasteiger partial charge on any atom is 0.292 e.